The predicted octanol–water partition coefficient (Wildman–Crippen LogP) is 4.22. The molecule has 2 aliphatic rings. The molecule has 1 saturated carbocycles. The van der Waals surface area contributed by atoms with Gasteiger partial charge in [-0.1, -0.05) is 43.2 Å². The van der Waals surface area contributed by atoms with Gasteiger partial charge in [-0.25, -0.2) is 9.97 Å². The van der Waals surface area contributed by atoms with Gasteiger partial charge in [0.25, 0.3) is 0 Å². The van der Waals surface area contributed by atoms with Crippen molar-refractivity contribution in [3.63, 3.8) is 0 Å². The second kappa shape index (κ2) is 8.38. The van der Waals surface area contributed by atoms with Gasteiger partial charge in [0.2, 0.25) is 0 Å². The van der Waals surface area contributed by atoms with Crippen LogP contribution in [0, 0.1) is 0 Å². The van der Waals surface area contributed by atoms with Crippen molar-refractivity contribution in [1.82, 2.24) is 15.3 Å². The lowest BCUT2D eigenvalue weighted by Gasteiger charge is -2.44. The minimum Gasteiger partial charge on any atom is -0.391 e. The number of anilines is 1. The Hall–Kier alpha value is -2.02. The third-order valence-corrected chi connectivity index (χ3v) is 7.32. The Morgan fingerprint density at radius 3 is 2.59 bits per heavy atom. The first-order chi connectivity index (χ1) is 14.3. The standard InChI is InChI=1S/C23H28N4OS/c28-20-9-5-4-8-19(20)27(17-10-12-24-13-11-17)22-21-18(16-6-2-1-3-7-16)14-29-23(21)26-15-25-22/h1-3,6-7,14-15,17,19-20,24,28H,4-5,8-13H2. The fourth-order valence-electron chi connectivity index (χ4n) is 4.99. The van der Waals surface area contributed by atoms with Gasteiger partial charge < -0.3 is 15.3 Å². The Bertz CT molecular complexity index is 954. The lowest BCUT2D eigenvalue weighted by atomic mass is 9.88. The lowest BCUT2D eigenvalue weighted by Crippen LogP contribution is -2.54. The summed E-state index contributed by atoms with van der Waals surface area (Å²) in [4.78, 5) is 12.9. The molecule has 1 aromatic carbocycles. The van der Waals surface area contributed by atoms with Crippen molar-refractivity contribution in [3.05, 3.63) is 42.0 Å². The number of piperidine rings is 1. The van der Waals surface area contributed by atoms with E-state index in [1.807, 2.05) is 0 Å². The number of fused-ring (bicyclic) bond motifs is 1. The van der Waals surface area contributed by atoms with Crippen molar-refractivity contribution in [2.45, 2.75) is 56.7 Å². The number of thiophene rings is 1. The first-order valence-electron chi connectivity index (χ1n) is 10.8. The van der Waals surface area contributed by atoms with Crippen molar-refractivity contribution in [2.75, 3.05) is 18.0 Å². The molecule has 0 bridgehead atoms. The number of aliphatic hydroxyl groups excluding tert-OH is 1. The SMILES string of the molecule is OC1CCCCC1N(c1ncnc2scc(-c3ccccc3)c12)C1CCNCC1. The molecule has 2 N–H and O–H groups in total. The van der Waals surface area contributed by atoms with Crippen LogP contribution in [0.25, 0.3) is 21.3 Å². The van der Waals surface area contributed by atoms with Gasteiger partial charge in [-0.15, -0.1) is 11.3 Å². The topological polar surface area (TPSA) is 61.3 Å². The summed E-state index contributed by atoms with van der Waals surface area (Å²) in [6, 6.07) is 11.1. The maximum absolute atomic E-state index is 10.9. The minimum absolute atomic E-state index is 0.133. The highest BCUT2D eigenvalue weighted by Gasteiger charge is 2.36. The van der Waals surface area contributed by atoms with E-state index in [1.54, 1.807) is 17.7 Å². The summed E-state index contributed by atoms with van der Waals surface area (Å²) < 4.78 is 0. The molecule has 5 rings (SSSR count). The highest BCUT2D eigenvalue weighted by molar-refractivity contribution is 7.17. The molecule has 0 radical (unpaired) electrons. The fraction of sp³-hybridized carbons (Fsp3) is 0.478. The molecule has 1 saturated heterocycles. The Labute approximate surface area is 175 Å². The van der Waals surface area contributed by atoms with Gasteiger partial charge in [-0.05, 0) is 44.3 Å². The Kier molecular flexibility index (Phi) is 5.48. The van der Waals surface area contributed by atoms with E-state index in [2.05, 4.69) is 50.9 Å². The second-order valence-electron chi connectivity index (χ2n) is 8.20. The van der Waals surface area contributed by atoms with Gasteiger partial charge in [0.1, 0.15) is 17.0 Å². The smallest absolute Gasteiger partial charge is 0.141 e. The molecule has 2 atom stereocenters. The number of nitrogens with zero attached hydrogens (tertiary/aromatic N) is 3. The van der Waals surface area contributed by atoms with Crippen molar-refractivity contribution >= 4 is 27.4 Å². The van der Waals surface area contributed by atoms with Gasteiger partial charge in [0.15, 0.2) is 0 Å². The molecule has 1 aliphatic carbocycles. The zero-order valence-corrected chi connectivity index (χ0v) is 17.4. The van der Waals surface area contributed by atoms with Crippen LogP contribution in [0.2, 0.25) is 0 Å². The maximum atomic E-state index is 10.9. The van der Waals surface area contributed by atoms with Gasteiger partial charge in [0.05, 0.1) is 17.5 Å². The molecule has 5 nitrogen and oxygen atoms in total. The van der Waals surface area contributed by atoms with Crippen LogP contribution < -0.4 is 10.2 Å². The van der Waals surface area contributed by atoms with E-state index in [4.69, 9.17) is 4.98 Å². The summed E-state index contributed by atoms with van der Waals surface area (Å²) >= 11 is 1.68. The molecule has 6 heteroatoms. The van der Waals surface area contributed by atoms with Crippen LogP contribution in [-0.4, -0.2) is 46.4 Å². The number of aliphatic hydroxyl groups is 1. The van der Waals surface area contributed by atoms with Crippen molar-refractivity contribution in [2.24, 2.45) is 0 Å². The van der Waals surface area contributed by atoms with E-state index in [9.17, 15) is 5.11 Å². The lowest BCUT2D eigenvalue weighted by molar-refractivity contribution is 0.0978. The number of aromatic nitrogens is 2. The fourth-order valence-corrected chi connectivity index (χ4v) is 5.90. The summed E-state index contributed by atoms with van der Waals surface area (Å²) in [6.45, 7) is 2.04. The molecule has 1 aliphatic heterocycles. The zero-order chi connectivity index (χ0) is 19.6. The molecular formula is C23H28N4OS. The molecule has 2 fully saturated rings. The predicted molar refractivity (Wildman–Crippen MR) is 119 cm³/mol. The van der Waals surface area contributed by atoms with Gasteiger partial charge >= 0.3 is 0 Å². The number of benzene rings is 1. The monoisotopic (exact) mass is 408 g/mol. The van der Waals surface area contributed by atoms with Crippen LogP contribution in [0.15, 0.2) is 42.0 Å². The Morgan fingerprint density at radius 2 is 1.79 bits per heavy atom. The van der Waals surface area contributed by atoms with Crippen molar-refractivity contribution < 1.29 is 5.11 Å². The van der Waals surface area contributed by atoms with Crippen LogP contribution in [0.3, 0.4) is 0 Å². The van der Waals surface area contributed by atoms with E-state index in [0.717, 1.165) is 61.2 Å². The van der Waals surface area contributed by atoms with Crippen molar-refractivity contribution in [1.29, 1.82) is 0 Å². The average molecular weight is 409 g/mol. The van der Waals surface area contributed by atoms with Gasteiger partial charge in [0, 0.05) is 17.0 Å². The maximum Gasteiger partial charge on any atom is 0.141 e. The number of rotatable bonds is 4. The highest BCUT2D eigenvalue weighted by Crippen LogP contribution is 2.41. The summed E-state index contributed by atoms with van der Waals surface area (Å²) in [6.07, 6.45) is 7.78. The summed E-state index contributed by atoms with van der Waals surface area (Å²) in [5.74, 6) is 1.01. The highest BCUT2D eigenvalue weighted by atomic mass is 32.1. The first kappa shape index (κ1) is 19.0. The molecule has 2 unspecified atom stereocenters. The van der Waals surface area contributed by atoms with Crippen LogP contribution in [0.5, 0.6) is 0 Å². The van der Waals surface area contributed by atoms with E-state index >= 15 is 0 Å². The first-order valence-corrected chi connectivity index (χ1v) is 11.7. The van der Waals surface area contributed by atoms with E-state index in [1.165, 1.54) is 17.5 Å². The van der Waals surface area contributed by atoms with Gasteiger partial charge in [-0.2, -0.15) is 0 Å². The molecule has 29 heavy (non-hydrogen) atoms. The third-order valence-electron chi connectivity index (χ3n) is 6.43. The summed E-state index contributed by atoms with van der Waals surface area (Å²) in [5, 5.41) is 17.8. The van der Waals surface area contributed by atoms with E-state index in [-0.39, 0.29) is 12.1 Å². The van der Waals surface area contributed by atoms with Crippen LogP contribution >= 0.6 is 11.3 Å². The summed E-state index contributed by atoms with van der Waals surface area (Å²) in [7, 11) is 0. The summed E-state index contributed by atoms with van der Waals surface area (Å²) in [5.41, 5.74) is 2.40. The molecule has 0 amide bonds. The number of nitrogens with one attached hydrogen (secondary N) is 1. The van der Waals surface area contributed by atoms with E-state index < -0.39 is 0 Å². The molecule has 2 aromatic heterocycles. The van der Waals surface area contributed by atoms with Gasteiger partial charge in [-0.3, -0.25) is 0 Å². The Morgan fingerprint density at radius 1 is 1.00 bits per heavy atom. The number of hydrogen-bond donors (Lipinski definition) is 2. The zero-order valence-electron chi connectivity index (χ0n) is 16.6. The minimum atomic E-state index is -0.289. The van der Waals surface area contributed by atoms with Crippen molar-refractivity contribution in [3.8, 4) is 11.1 Å². The molecule has 3 heterocycles. The van der Waals surface area contributed by atoms with E-state index in [0.29, 0.717) is 6.04 Å². The number of hydrogen-bond acceptors (Lipinski definition) is 6. The molecule has 0 spiro atoms. The quantitative estimate of drug-likeness (QED) is 0.677. The molecule has 152 valence electrons. The van der Waals surface area contributed by atoms with Crippen LogP contribution in [-0.2, 0) is 0 Å². The molecular weight excluding hydrogens is 380 g/mol. The largest absolute Gasteiger partial charge is 0.391 e. The second-order valence-corrected chi connectivity index (χ2v) is 9.06. The van der Waals surface area contributed by atoms with Crippen LogP contribution in [0.4, 0.5) is 5.82 Å². The molecule has 3 aromatic rings. The normalized spacial score (nSPS) is 23.3. The average Bonchev–Trinajstić information content (AvgIpc) is 3.22. The Balaban J connectivity index is 1.66. The third kappa shape index (κ3) is 3.65. The van der Waals surface area contributed by atoms with Crippen LogP contribution in [0.1, 0.15) is 38.5 Å².